The van der Waals surface area contributed by atoms with Gasteiger partial charge in [0.05, 0.1) is 4.90 Å². The van der Waals surface area contributed by atoms with Crippen LogP contribution in [0.2, 0.25) is 0 Å². The SMILES string of the molecule is CCC(C)(C)c1ccc(S(=O)(=O)Nc2ccc(N3CCCCC3)cc2)cc1. The summed E-state index contributed by atoms with van der Waals surface area (Å²) in [5, 5.41) is 0. The molecule has 2 aromatic rings. The molecular weight excluding hydrogens is 356 g/mol. The van der Waals surface area contributed by atoms with Crippen molar-refractivity contribution in [1.29, 1.82) is 0 Å². The molecule has 27 heavy (non-hydrogen) atoms. The number of hydrogen-bond acceptors (Lipinski definition) is 3. The molecule has 0 atom stereocenters. The minimum Gasteiger partial charge on any atom is -0.372 e. The first-order chi connectivity index (χ1) is 12.8. The predicted octanol–water partition coefficient (Wildman–Crippen LogP) is 5.17. The van der Waals surface area contributed by atoms with Crippen molar-refractivity contribution in [2.45, 2.75) is 56.8 Å². The molecule has 0 radical (unpaired) electrons. The summed E-state index contributed by atoms with van der Waals surface area (Å²) in [6, 6.07) is 14.9. The van der Waals surface area contributed by atoms with Gasteiger partial charge in [-0.15, -0.1) is 0 Å². The molecule has 1 heterocycles. The van der Waals surface area contributed by atoms with Gasteiger partial charge in [-0.25, -0.2) is 8.42 Å². The van der Waals surface area contributed by atoms with Crippen LogP contribution in [0.25, 0.3) is 0 Å². The van der Waals surface area contributed by atoms with Crippen LogP contribution in [0, 0.1) is 0 Å². The van der Waals surface area contributed by atoms with Crippen LogP contribution in [0.4, 0.5) is 11.4 Å². The lowest BCUT2D eigenvalue weighted by molar-refractivity contribution is 0.506. The highest BCUT2D eigenvalue weighted by Gasteiger charge is 2.20. The number of sulfonamides is 1. The van der Waals surface area contributed by atoms with E-state index >= 15 is 0 Å². The summed E-state index contributed by atoms with van der Waals surface area (Å²) in [6.45, 7) is 8.62. The fourth-order valence-corrected chi connectivity index (χ4v) is 4.45. The smallest absolute Gasteiger partial charge is 0.261 e. The van der Waals surface area contributed by atoms with Crippen molar-refractivity contribution in [3.8, 4) is 0 Å². The summed E-state index contributed by atoms with van der Waals surface area (Å²) in [4.78, 5) is 2.65. The predicted molar refractivity (Wildman–Crippen MR) is 113 cm³/mol. The number of rotatable bonds is 6. The Bertz CT molecular complexity index is 850. The van der Waals surface area contributed by atoms with Gasteiger partial charge in [-0.3, -0.25) is 4.72 Å². The molecule has 0 bridgehead atoms. The van der Waals surface area contributed by atoms with Gasteiger partial charge in [0.2, 0.25) is 0 Å². The highest BCUT2D eigenvalue weighted by atomic mass is 32.2. The van der Waals surface area contributed by atoms with Gasteiger partial charge in [0.1, 0.15) is 0 Å². The molecule has 4 nitrogen and oxygen atoms in total. The van der Waals surface area contributed by atoms with E-state index in [-0.39, 0.29) is 5.41 Å². The first-order valence-corrected chi connectivity index (χ1v) is 11.3. The third kappa shape index (κ3) is 4.64. The van der Waals surface area contributed by atoms with Crippen LogP contribution in [0.1, 0.15) is 52.0 Å². The average molecular weight is 387 g/mol. The van der Waals surface area contributed by atoms with E-state index in [1.165, 1.54) is 19.3 Å². The number of nitrogens with one attached hydrogen (secondary N) is 1. The molecule has 3 rings (SSSR count). The molecule has 1 aliphatic rings. The molecule has 0 aromatic heterocycles. The summed E-state index contributed by atoms with van der Waals surface area (Å²) < 4.78 is 28.1. The third-order valence-corrected chi connectivity index (χ3v) is 7.07. The van der Waals surface area contributed by atoms with E-state index in [1.54, 1.807) is 12.1 Å². The van der Waals surface area contributed by atoms with E-state index in [0.717, 1.165) is 30.8 Å². The van der Waals surface area contributed by atoms with Crippen molar-refractivity contribution >= 4 is 21.4 Å². The van der Waals surface area contributed by atoms with E-state index in [9.17, 15) is 8.42 Å². The minimum absolute atomic E-state index is 0.0417. The fraction of sp³-hybridized carbons (Fsp3) is 0.455. The Morgan fingerprint density at radius 3 is 2.07 bits per heavy atom. The van der Waals surface area contributed by atoms with Crippen molar-refractivity contribution in [2.75, 3.05) is 22.7 Å². The Kier molecular flexibility index (Phi) is 5.80. The summed E-state index contributed by atoms with van der Waals surface area (Å²) in [5.41, 5.74) is 2.94. The lowest BCUT2D eigenvalue weighted by Gasteiger charge is -2.28. The van der Waals surface area contributed by atoms with Crippen LogP contribution in [-0.2, 0) is 15.4 Å². The number of anilines is 2. The maximum Gasteiger partial charge on any atom is 0.261 e. The summed E-state index contributed by atoms with van der Waals surface area (Å²) in [7, 11) is -3.58. The van der Waals surface area contributed by atoms with Gasteiger partial charge >= 0.3 is 0 Å². The van der Waals surface area contributed by atoms with Crippen molar-refractivity contribution < 1.29 is 8.42 Å². The maximum absolute atomic E-state index is 12.7. The van der Waals surface area contributed by atoms with Gasteiger partial charge in [0, 0.05) is 24.5 Å². The Labute approximate surface area is 163 Å². The van der Waals surface area contributed by atoms with Crippen LogP contribution >= 0.6 is 0 Å². The molecule has 0 spiro atoms. The zero-order valence-corrected chi connectivity index (χ0v) is 17.3. The quantitative estimate of drug-likeness (QED) is 0.745. The van der Waals surface area contributed by atoms with Crippen molar-refractivity contribution in [1.82, 2.24) is 0 Å². The molecule has 0 unspecified atom stereocenters. The molecule has 1 saturated heterocycles. The normalized spacial score (nSPS) is 15.6. The van der Waals surface area contributed by atoms with E-state index in [0.29, 0.717) is 10.6 Å². The molecule has 2 aromatic carbocycles. The number of nitrogens with zero attached hydrogens (tertiary/aromatic N) is 1. The van der Waals surface area contributed by atoms with Crippen LogP contribution in [0.3, 0.4) is 0 Å². The molecule has 1 N–H and O–H groups in total. The second kappa shape index (κ2) is 7.93. The first kappa shape index (κ1) is 19.7. The first-order valence-electron chi connectivity index (χ1n) is 9.80. The summed E-state index contributed by atoms with van der Waals surface area (Å²) in [5.74, 6) is 0. The van der Waals surface area contributed by atoms with E-state index in [2.05, 4.69) is 30.4 Å². The van der Waals surface area contributed by atoms with Gasteiger partial charge in [0.15, 0.2) is 0 Å². The Morgan fingerprint density at radius 1 is 0.926 bits per heavy atom. The van der Waals surface area contributed by atoms with Gasteiger partial charge in [-0.05, 0) is 73.1 Å². The van der Waals surface area contributed by atoms with E-state index in [1.807, 2.05) is 36.4 Å². The highest BCUT2D eigenvalue weighted by molar-refractivity contribution is 7.92. The molecule has 0 saturated carbocycles. The molecule has 0 amide bonds. The average Bonchev–Trinajstić information content (AvgIpc) is 2.69. The fourth-order valence-electron chi connectivity index (χ4n) is 3.40. The zero-order valence-electron chi connectivity index (χ0n) is 16.5. The molecule has 1 aliphatic heterocycles. The van der Waals surface area contributed by atoms with Crippen LogP contribution < -0.4 is 9.62 Å². The topological polar surface area (TPSA) is 49.4 Å². The molecule has 146 valence electrons. The monoisotopic (exact) mass is 386 g/mol. The maximum atomic E-state index is 12.7. The van der Waals surface area contributed by atoms with Crippen molar-refractivity contribution in [3.05, 3.63) is 54.1 Å². The van der Waals surface area contributed by atoms with Crippen molar-refractivity contribution in [3.63, 3.8) is 0 Å². The van der Waals surface area contributed by atoms with Gasteiger partial charge in [-0.2, -0.15) is 0 Å². The molecule has 1 fully saturated rings. The van der Waals surface area contributed by atoms with E-state index < -0.39 is 10.0 Å². The van der Waals surface area contributed by atoms with Gasteiger partial charge in [-0.1, -0.05) is 32.9 Å². The van der Waals surface area contributed by atoms with Gasteiger partial charge < -0.3 is 4.90 Å². The highest BCUT2D eigenvalue weighted by Crippen LogP contribution is 2.28. The Balaban J connectivity index is 1.72. The number of piperidine rings is 1. The molecule has 0 aliphatic carbocycles. The van der Waals surface area contributed by atoms with Crippen LogP contribution in [0.15, 0.2) is 53.4 Å². The second-order valence-electron chi connectivity index (χ2n) is 7.96. The third-order valence-electron chi connectivity index (χ3n) is 5.67. The number of hydrogen-bond donors (Lipinski definition) is 1. The number of benzene rings is 2. The standard InChI is InChI=1S/C22H30N2O2S/c1-4-22(2,3)18-8-14-21(15-9-18)27(25,26)23-19-10-12-20(13-11-19)24-16-6-5-7-17-24/h8-15,23H,4-7,16-17H2,1-3H3. The van der Waals surface area contributed by atoms with Crippen LogP contribution in [0.5, 0.6) is 0 Å². The summed E-state index contributed by atoms with van der Waals surface area (Å²) >= 11 is 0. The Morgan fingerprint density at radius 2 is 1.52 bits per heavy atom. The Hall–Kier alpha value is -2.01. The van der Waals surface area contributed by atoms with E-state index in [4.69, 9.17) is 0 Å². The molecule has 5 heteroatoms. The molecular formula is C22H30N2O2S. The minimum atomic E-state index is -3.58. The largest absolute Gasteiger partial charge is 0.372 e. The lowest BCUT2D eigenvalue weighted by atomic mass is 9.82. The van der Waals surface area contributed by atoms with Crippen molar-refractivity contribution in [2.24, 2.45) is 0 Å². The van der Waals surface area contributed by atoms with Crippen LogP contribution in [-0.4, -0.2) is 21.5 Å². The lowest BCUT2D eigenvalue weighted by Crippen LogP contribution is -2.29. The summed E-state index contributed by atoms with van der Waals surface area (Å²) in [6.07, 6.45) is 4.74. The second-order valence-corrected chi connectivity index (χ2v) is 9.64. The van der Waals surface area contributed by atoms with Gasteiger partial charge in [0.25, 0.3) is 10.0 Å². The zero-order chi connectivity index (χ0) is 19.5.